The topological polar surface area (TPSA) is 81.9 Å². The maximum absolute atomic E-state index is 13.4. The van der Waals surface area contributed by atoms with Gasteiger partial charge in [-0.3, -0.25) is 14.8 Å². The third-order valence-corrected chi connectivity index (χ3v) is 6.61. The van der Waals surface area contributed by atoms with Crippen LogP contribution in [0.15, 0.2) is 30.3 Å². The number of ether oxygens (including phenoxy) is 1. The van der Waals surface area contributed by atoms with Gasteiger partial charge in [0.2, 0.25) is 11.0 Å². The van der Waals surface area contributed by atoms with Crippen LogP contribution in [0.2, 0.25) is 0 Å². The summed E-state index contributed by atoms with van der Waals surface area (Å²) < 4.78 is 7.52. The molecule has 30 heavy (non-hydrogen) atoms. The number of carbonyl (C=O) groups is 1. The fourth-order valence-electron chi connectivity index (χ4n) is 3.96. The van der Waals surface area contributed by atoms with Crippen molar-refractivity contribution in [2.45, 2.75) is 52.0 Å². The highest BCUT2D eigenvalue weighted by Gasteiger charge is 2.42. The Morgan fingerprint density at radius 3 is 2.57 bits per heavy atom. The minimum absolute atomic E-state index is 0.0316. The molecule has 8 heteroatoms. The van der Waals surface area contributed by atoms with Crippen molar-refractivity contribution in [3.05, 3.63) is 57.9 Å². The minimum Gasteiger partial charge on any atom is -0.381 e. The molecule has 7 nitrogen and oxygen atoms in total. The van der Waals surface area contributed by atoms with Gasteiger partial charge in [0.15, 0.2) is 0 Å². The molecule has 1 aliphatic heterocycles. The number of nitrogens with one attached hydrogen (secondary N) is 1. The molecule has 1 fully saturated rings. The van der Waals surface area contributed by atoms with Crippen molar-refractivity contribution in [3.63, 3.8) is 0 Å². The molecular weight excluding hydrogens is 398 g/mol. The Morgan fingerprint density at radius 1 is 1.17 bits per heavy atom. The van der Waals surface area contributed by atoms with Crippen LogP contribution in [0.25, 0.3) is 0 Å². The Labute approximate surface area is 180 Å². The van der Waals surface area contributed by atoms with Crippen molar-refractivity contribution in [1.29, 1.82) is 0 Å². The number of carbonyl (C=O) groups excluding carboxylic acids is 1. The van der Waals surface area contributed by atoms with Gasteiger partial charge in [-0.25, -0.2) is 0 Å². The molecule has 0 aliphatic carbocycles. The Bertz CT molecular complexity index is 1020. The van der Waals surface area contributed by atoms with Gasteiger partial charge in [-0.05, 0) is 45.2 Å². The normalized spacial score (nSPS) is 15.8. The first-order chi connectivity index (χ1) is 14.5. The molecule has 0 saturated carbocycles. The number of anilines is 1. The quantitative estimate of drug-likeness (QED) is 0.653. The molecule has 0 radical (unpaired) electrons. The Morgan fingerprint density at radius 2 is 1.90 bits per heavy atom. The lowest BCUT2D eigenvalue weighted by atomic mass is 9.73. The van der Waals surface area contributed by atoms with Gasteiger partial charge >= 0.3 is 0 Å². The molecule has 0 unspecified atom stereocenters. The van der Waals surface area contributed by atoms with Crippen molar-refractivity contribution in [2.24, 2.45) is 0 Å². The molecule has 4 rings (SSSR count). The summed E-state index contributed by atoms with van der Waals surface area (Å²) in [6.45, 7) is 7.98. The van der Waals surface area contributed by atoms with E-state index in [1.165, 1.54) is 16.9 Å². The smallest absolute Gasteiger partial charge is 0.237 e. The number of benzene rings is 1. The third-order valence-electron chi connectivity index (χ3n) is 5.71. The van der Waals surface area contributed by atoms with Gasteiger partial charge in [-0.1, -0.05) is 41.2 Å². The second kappa shape index (κ2) is 8.65. The predicted molar refractivity (Wildman–Crippen MR) is 117 cm³/mol. The molecule has 0 atom stereocenters. The van der Waals surface area contributed by atoms with E-state index < -0.39 is 5.41 Å². The first kappa shape index (κ1) is 20.7. The minimum atomic E-state index is -0.596. The van der Waals surface area contributed by atoms with Crippen molar-refractivity contribution in [1.82, 2.24) is 20.0 Å². The van der Waals surface area contributed by atoms with Crippen molar-refractivity contribution in [2.75, 3.05) is 18.5 Å². The largest absolute Gasteiger partial charge is 0.381 e. The molecule has 1 amide bonds. The van der Waals surface area contributed by atoms with Crippen molar-refractivity contribution >= 4 is 22.4 Å². The summed E-state index contributed by atoms with van der Waals surface area (Å²) in [5, 5.41) is 17.4. The van der Waals surface area contributed by atoms with Gasteiger partial charge in [-0.15, -0.1) is 10.2 Å². The lowest BCUT2D eigenvalue weighted by Gasteiger charge is -2.36. The standard InChI is InChI=1S/C22H27N5O2S/c1-15-4-6-18(7-5-15)22(9-12-29-13-10-22)20(28)23-21-25-24-19(30-21)8-11-27-17(3)14-16(2)26-27/h4-7,14H,8-13H2,1-3H3,(H,23,25,28). The Hall–Kier alpha value is -2.58. The van der Waals surface area contributed by atoms with Gasteiger partial charge in [0, 0.05) is 31.9 Å². The van der Waals surface area contributed by atoms with E-state index in [0.29, 0.717) is 31.2 Å². The summed E-state index contributed by atoms with van der Waals surface area (Å²) in [6, 6.07) is 10.3. The molecular formula is C22H27N5O2S. The number of aromatic nitrogens is 4. The zero-order chi connectivity index (χ0) is 21.1. The van der Waals surface area contributed by atoms with Crippen LogP contribution in [0.3, 0.4) is 0 Å². The lowest BCUT2D eigenvalue weighted by molar-refractivity contribution is -0.125. The van der Waals surface area contributed by atoms with E-state index in [2.05, 4.69) is 57.9 Å². The van der Waals surface area contributed by atoms with E-state index >= 15 is 0 Å². The Kier molecular flexibility index (Phi) is 5.97. The number of hydrogen-bond donors (Lipinski definition) is 1. The van der Waals surface area contributed by atoms with Gasteiger partial charge in [0.25, 0.3) is 0 Å². The van der Waals surface area contributed by atoms with Crippen LogP contribution in [0, 0.1) is 20.8 Å². The van der Waals surface area contributed by atoms with Gasteiger partial charge < -0.3 is 4.74 Å². The zero-order valence-corrected chi connectivity index (χ0v) is 18.5. The van der Waals surface area contributed by atoms with Crippen LogP contribution in [0.1, 0.15) is 40.4 Å². The first-order valence-corrected chi connectivity index (χ1v) is 11.1. The molecule has 1 aliphatic rings. The van der Waals surface area contributed by atoms with E-state index in [0.717, 1.165) is 34.9 Å². The molecule has 3 aromatic rings. The molecule has 1 aromatic carbocycles. The average molecular weight is 426 g/mol. The van der Waals surface area contributed by atoms with Crippen LogP contribution in [0.4, 0.5) is 5.13 Å². The van der Waals surface area contributed by atoms with E-state index in [-0.39, 0.29) is 5.91 Å². The lowest BCUT2D eigenvalue weighted by Crippen LogP contribution is -2.44. The molecule has 0 bridgehead atoms. The summed E-state index contributed by atoms with van der Waals surface area (Å²) in [4.78, 5) is 13.4. The van der Waals surface area contributed by atoms with E-state index in [9.17, 15) is 4.79 Å². The van der Waals surface area contributed by atoms with Crippen LogP contribution in [0.5, 0.6) is 0 Å². The fourth-order valence-corrected chi connectivity index (χ4v) is 4.69. The Balaban J connectivity index is 1.46. The van der Waals surface area contributed by atoms with Gasteiger partial charge in [0.05, 0.1) is 11.1 Å². The number of aryl methyl sites for hydroxylation is 5. The van der Waals surface area contributed by atoms with Crippen LogP contribution < -0.4 is 5.32 Å². The summed E-state index contributed by atoms with van der Waals surface area (Å²) >= 11 is 1.43. The summed E-state index contributed by atoms with van der Waals surface area (Å²) in [5.74, 6) is -0.0316. The van der Waals surface area contributed by atoms with Crippen LogP contribution >= 0.6 is 11.3 Å². The first-order valence-electron chi connectivity index (χ1n) is 10.3. The highest BCUT2D eigenvalue weighted by atomic mass is 32.1. The van der Waals surface area contributed by atoms with Gasteiger partial charge in [0.1, 0.15) is 5.01 Å². The second-order valence-electron chi connectivity index (χ2n) is 7.92. The molecule has 158 valence electrons. The second-order valence-corrected chi connectivity index (χ2v) is 8.98. The highest BCUT2D eigenvalue weighted by molar-refractivity contribution is 7.15. The number of amides is 1. The van der Waals surface area contributed by atoms with Crippen molar-refractivity contribution in [3.8, 4) is 0 Å². The summed E-state index contributed by atoms with van der Waals surface area (Å²) in [7, 11) is 0. The average Bonchev–Trinajstić information content (AvgIpc) is 3.32. The monoisotopic (exact) mass is 425 g/mol. The maximum atomic E-state index is 13.4. The fraction of sp³-hybridized carbons (Fsp3) is 0.455. The van der Waals surface area contributed by atoms with E-state index in [1.807, 2.05) is 18.5 Å². The molecule has 2 aromatic heterocycles. The van der Waals surface area contributed by atoms with Crippen LogP contribution in [-0.2, 0) is 27.9 Å². The number of hydrogen-bond acceptors (Lipinski definition) is 6. The van der Waals surface area contributed by atoms with E-state index in [1.54, 1.807) is 0 Å². The SMILES string of the molecule is Cc1ccc(C2(C(=O)Nc3nnc(CCn4nc(C)cc4C)s3)CCOCC2)cc1. The molecule has 0 spiro atoms. The van der Waals surface area contributed by atoms with Crippen LogP contribution in [-0.4, -0.2) is 39.1 Å². The number of rotatable bonds is 6. The molecule has 1 N–H and O–H groups in total. The number of nitrogens with zero attached hydrogens (tertiary/aromatic N) is 4. The highest BCUT2D eigenvalue weighted by Crippen LogP contribution is 2.36. The van der Waals surface area contributed by atoms with E-state index in [4.69, 9.17) is 4.74 Å². The van der Waals surface area contributed by atoms with Crippen molar-refractivity contribution < 1.29 is 9.53 Å². The predicted octanol–water partition coefficient (Wildman–Crippen LogP) is 3.59. The molecule has 1 saturated heterocycles. The van der Waals surface area contributed by atoms with Gasteiger partial charge in [-0.2, -0.15) is 5.10 Å². The summed E-state index contributed by atoms with van der Waals surface area (Å²) in [5.41, 5.74) is 3.75. The maximum Gasteiger partial charge on any atom is 0.237 e. The zero-order valence-electron chi connectivity index (χ0n) is 17.6. The summed E-state index contributed by atoms with van der Waals surface area (Å²) in [6.07, 6.45) is 2.05. The third kappa shape index (κ3) is 4.29. The molecule has 3 heterocycles.